The van der Waals surface area contributed by atoms with E-state index in [-0.39, 0.29) is 28.4 Å². The summed E-state index contributed by atoms with van der Waals surface area (Å²) in [4.78, 5) is 27.3. The first-order valence-corrected chi connectivity index (χ1v) is 7.26. The Morgan fingerprint density at radius 3 is 2.37 bits per heavy atom. The van der Waals surface area contributed by atoms with E-state index in [4.69, 9.17) is 11.6 Å². The number of halogens is 1. The number of hydrogen-bond donors (Lipinski definition) is 1. The van der Waals surface area contributed by atoms with Crippen molar-refractivity contribution < 1.29 is 0 Å². The van der Waals surface area contributed by atoms with Gasteiger partial charge in [-0.15, -0.1) is 0 Å². The van der Waals surface area contributed by atoms with Crippen LogP contribution in [0.25, 0.3) is 0 Å². The summed E-state index contributed by atoms with van der Waals surface area (Å²) in [6, 6.07) is -0.0129. The monoisotopic (exact) mass is 284 g/mol. The zero-order chi connectivity index (χ0) is 14.3. The second-order valence-electron chi connectivity index (χ2n) is 5.97. The van der Waals surface area contributed by atoms with Crippen molar-refractivity contribution in [2.75, 3.05) is 0 Å². The third-order valence-corrected chi connectivity index (χ3v) is 4.75. The van der Waals surface area contributed by atoms with Crippen molar-refractivity contribution in [3.63, 3.8) is 0 Å². The molecular weight excluding hydrogens is 264 g/mol. The lowest BCUT2D eigenvalue weighted by Gasteiger charge is -2.21. The average Bonchev–Trinajstić information content (AvgIpc) is 2.60. The molecule has 1 saturated carbocycles. The van der Waals surface area contributed by atoms with Crippen LogP contribution in [0.3, 0.4) is 0 Å². The Labute approximate surface area is 117 Å². The van der Waals surface area contributed by atoms with Crippen molar-refractivity contribution in [1.29, 1.82) is 0 Å². The van der Waals surface area contributed by atoms with Gasteiger partial charge in [-0.1, -0.05) is 39.3 Å². The van der Waals surface area contributed by atoms with Gasteiger partial charge in [-0.3, -0.25) is 14.3 Å². The molecule has 0 amide bonds. The Bertz CT molecular complexity index is 588. The molecule has 3 atom stereocenters. The highest BCUT2D eigenvalue weighted by Crippen LogP contribution is 2.38. The summed E-state index contributed by atoms with van der Waals surface area (Å²) >= 11 is 6.00. The van der Waals surface area contributed by atoms with Crippen LogP contribution >= 0.6 is 11.6 Å². The lowest BCUT2D eigenvalue weighted by atomic mass is 9.97. The molecule has 0 aliphatic heterocycles. The van der Waals surface area contributed by atoms with Crippen LogP contribution in [0.5, 0.6) is 0 Å². The molecule has 0 saturated heterocycles. The quantitative estimate of drug-likeness (QED) is 0.849. The predicted octanol–water partition coefficient (Wildman–Crippen LogP) is 2.92. The van der Waals surface area contributed by atoms with E-state index in [1.807, 2.05) is 13.8 Å². The van der Waals surface area contributed by atoms with Gasteiger partial charge in [0.1, 0.15) is 5.15 Å². The molecule has 4 nitrogen and oxygen atoms in total. The Morgan fingerprint density at radius 2 is 1.89 bits per heavy atom. The second-order valence-corrected chi connectivity index (χ2v) is 6.35. The summed E-state index contributed by atoms with van der Waals surface area (Å²) in [5, 5.41) is 0.181. The minimum absolute atomic E-state index is 0.00256. The van der Waals surface area contributed by atoms with Crippen LogP contribution in [0.4, 0.5) is 0 Å². The number of H-pyrrole nitrogens is 1. The van der Waals surface area contributed by atoms with Crippen LogP contribution < -0.4 is 11.2 Å². The van der Waals surface area contributed by atoms with Crippen molar-refractivity contribution in [3.8, 4) is 0 Å². The Morgan fingerprint density at radius 1 is 1.26 bits per heavy atom. The summed E-state index contributed by atoms with van der Waals surface area (Å²) in [6.45, 7) is 8.10. The Balaban J connectivity index is 2.62. The number of hydrogen-bond acceptors (Lipinski definition) is 2. The summed E-state index contributed by atoms with van der Waals surface area (Å²) < 4.78 is 1.38. The number of nitrogens with one attached hydrogen (secondary N) is 1. The smallest absolute Gasteiger partial charge is 0.297 e. The highest BCUT2D eigenvalue weighted by Gasteiger charge is 2.33. The molecule has 5 heteroatoms. The topological polar surface area (TPSA) is 54.9 Å². The maximum absolute atomic E-state index is 12.5. The number of aromatic amines is 1. The zero-order valence-electron chi connectivity index (χ0n) is 11.9. The van der Waals surface area contributed by atoms with E-state index in [9.17, 15) is 9.59 Å². The van der Waals surface area contributed by atoms with E-state index >= 15 is 0 Å². The zero-order valence-corrected chi connectivity index (χ0v) is 12.6. The number of rotatable bonds is 2. The average molecular weight is 285 g/mol. The molecule has 19 heavy (non-hydrogen) atoms. The maximum atomic E-state index is 12.5. The Hall–Kier alpha value is -1.03. The molecule has 0 aromatic carbocycles. The van der Waals surface area contributed by atoms with E-state index in [0.29, 0.717) is 17.4 Å². The normalized spacial score (nSPS) is 27.2. The fourth-order valence-corrected chi connectivity index (χ4v) is 3.42. The molecular formula is C14H21ClN2O2. The Kier molecular flexibility index (Phi) is 3.90. The van der Waals surface area contributed by atoms with Crippen LogP contribution in [-0.4, -0.2) is 9.55 Å². The van der Waals surface area contributed by atoms with E-state index in [1.165, 1.54) is 4.57 Å². The SMILES string of the molecule is CC(C)c1c(Cl)[nH]c(=O)n(C2CCC(C)C2C)c1=O. The van der Waals surface area contributed by atoms with Crippen LogP contribution in [0, 0.1) is 11.8 Å². The van der Waals surface area contributed by atoms with Gasteiger partial charge in [0.25, 0.3) is 5.56 Å². The van der Waals surface area contributed by atoms with Gasteiger partial charge < -0.3 is 0 Å². The molecule has 2 rings (SSSR count). The molecule has 0 radical (unpaired) electrons. The summed E-state index contributed by atoms with van der Waals surface area (Å²) in [5.41, 5.74) is -0.104. The molecule has 1 aromatic rings. The van der Waals surface area contributed by atoms with E-state index < -0.39 is 0 Å². The van der Waals surface area contributed by atoms with Gasteiger partial charge in [-0.2, -0.15) is 0 Å². The van der Waals surface area contributed by atoms with Gasteiger partial charge in [-0.05, 0) is 30.6 Å². The minimum Gasteiger partial charge on any atom is -0.297 e. The molecule has 1 aromatic heterocycles. The molecule has 0 bridgehead atoms. The van der Waals surface area contributed by atoms with Gasteiger partial charge in [-0.25, -0.2) is 4.79 Å². The lowest BCUT2D eigenvalue weighted by Crippen LogP contribution is -2.41. The number of aromatic nitrogens is 2. The first-order valence-electron chi connectivity index (χ1n) is 6.88. The lowest BCUT2D eigenvalue weighted by molar-refractivity contribution is 0.335. The van der Waals surface area contributed by atoms with Gasteiger partial charge in [0.2, 0.25) is 0 Å². The largest absolute Gasteiger partial charge is 0.329 e. The van der Waals surface area contributed by atoms with E-state index in [0.717, 1.165) is 12.8 Å². The molecule has 3 unspecified atom stereocenters. The molecule has 106 valence electrons. The molecule has 1 fully saturated rings. The first-order chi connectivity index (χ1) is 8.84. The van der Waals surface area contributed by atoms with Crippen molar-refractivity contribution >= 4 is 11.6 Å². The highest BCUT2D eigenvalue weighted by molar-refractivity contribution is 6.30. The fourth-order valence-electron chi connectivity index (χ4n) is 3.04. The molecule has 1 heterocycles. The van der Waals surface area contributed by atoms with Gasteiger partial charge >= 0.3 is 5.69 Å². The van der Waals surface area contributed by atoms with Crippen molar-refractivity contribution in [2.45, 2.75) is 52.5 Å². The van der Waals surface area contributed by atoms with Gasteiger partial charge in [0.15, 0.2) is 0 Å². The second kappa shape index (κ2) is 5.16. The van der Waals surface area contributed by atoms with Crippen LogP contribution in [0.1, 0.15) is 58.1 Å². The molecule has 1 aliphatic carbocycles. The van der Waals surface area contributed by atoms with E-state index in [1.54, 1.807) is 0 Å². The predicted molar refractivity (Wildman–Crippen MR) is 77.0 cm³/mol. The summed E-state index contributed by atoms with van der Waals surface area (Å²) in [5.74, 6) is 0.867. The summed E-state index contributed by atoms with van der Waals surface area (Å²) in [6.07, 6.45) is 1.93. The fraction of sp³-hybridized carbons (Fsp3) is 0.714. The number of nitrogens with zero attached hydrogens (tertiary/aromatic N) is 1. The molecule has 1 aliphatic rings. The van der Waals surface area contributed by atoms with Crippen molar-refractivity contribution in [1.82, 2.24) is 9.55 Å². The molecule has 1 N–H and O–H groups in total. The van der Waals surface area contributed by atoms with Crippen LogP contribution in [0.2, 0.25) is 5.15 Å². The third-order valence-electron chi connectivity index (χ3n) is 4.45. The van der Waals surface area contributed by atoms with Crippen LogP contribution in [0.15, 0.2) is 9.59 Å². The van der Waals surface area contributed by atoms with Crippen molar-refractivity contribution in [3.05, 3.63) is 31.6 Å². The first kappa shape index (κ1) is 14.4. The van der Waals surface area contributed by atoms with Gasteiger partial charge in [0, 0.05) is 6.04 Å². The standard InChI is InChI=1S/C14H21ClN2O2/c1-7(2)11-12(15)16-14(19)17(13(11)18)10-6-5-8(3)9(10)4/h7-10H,5-6H2,1-4H3,(H,16,19). The van der Waals surface area contributed by atoms with Crippen LogP contribution in [-0.2, 0) is 0 Å². The van der Waals surface area contributed by atoms with E-state index in [2.05, 4.69) is 18.8 Å². The summed E-state index contributed by atoms with van der Waals surface area (Å²) in [7, 11) is 0. The maximum Gasteiger partial charge on any atom is 0.329 e. The van der Waals surface area contributed by atoms with Crippen molar-refractivity contribution in [2.24, 2.45) is 11.8 Å². The third kappa shape index (κ3) is 2.38. The highest BCUT2D eigenvalue weighted by atomic mass is 35.5. The molecule has 0 spiro atoms. The van der Waals surface area contributed by atoms with Gasteiger partial charge in [0.05, 0.1) is 5.56 Å². The minimum atomic E-state index is -0.384.